The van der Waals surface area contributed by atoms with Gasteiger partial charge >= 0.3 is 0 Å². The molecule has 3 rings (SSSR count). The third-order valence-electron chi connectivity index (χ3n) is 4.45. The normalized spacial score (nSPS) is 16.8. The predicted molar refractivity (Wildman–Crippen MR) is 86.7 cm³/mol. The lowest BCUT2D eigenvalue weighted by Gasteiger charge is -2.32. The molecule has 0 spiro atoms. The second kappa shape index (κ2) is 7.09. The third kappa shape index (κ3) is 3.97. The van der Waals surface area contributed by atoms with Crippen LogP contribution in [0.5, 0.6) is 0 Å². The van der Waals surface area contributed by atoms with Gasteiger partial charge in [-0.15, -0.1) is 0 Å². The lowest BCUT2D eigenvalue weighted by atomic mass is 9.82. The lowest BCUT2D eigenvalue weighted by molar-refractivity contribution is -0.137. The molecule has 1 aliphatic carbocycles. The average Bonchev–Trinajstić information content (AvgIpc) is 3.04. The largest absolute Gasteiger partial charge is 0.389 e. The van der Waals surface area contributed by atoms with E-state index in [4.69, 9.17) is 4.52 Å². The van der Waals surface area contributed by atoms with Crippen molar-refractivity contribution < 1.29 is 14.4 Å². The summed E-state index contributed by atoms with van der Waals surface area (Å²) < 4.78 is 5.21. The number of rotatable bonds is 5. The maximum atomic E-state index is 12.4. The third-order valence-corrected chi connectivity index (χ3v) is 4.45. The fourth-order valence-electron chi connectivity index (χ4n) is 3.03. The maximum Gasteiger partial charge on any atom is 0.246 e. The van der Waals surface area contributed by atoms with Crippen molar-refractivity contribution in [1.82, 2.24) is 20.0 Å². The monoisotopic (exact) mass is 330 g/mol. The molecule has 2 heterocycles. The van der Waals surface area contributed by atoms with E-state index in [1.54, 1.807) is 25.5 Å². The van der Waals surface area contributed by atoms with E-state index in [9.17, 15) is 9.90 Å². The van der Waals surface area contributed by atoms with Gasteiger partial charge in [-0.3, -0.25) is 9.78 Å². The van der Waals surface area contributed by atoms with Gasteiger partial charge in [0.2, 0.25) is 17.6 Å². The molecule has 24 heavy (non-hydrogen) atoms. The molecule has 0 saturated heterocycles. The molecule has 1 amide bonds. The van der Waals surface area contributed by atoms with E-state index in [-0.39, 0.29) is 18.9 Å². The zero-order valence-electron chi connectivity index (χ0n) is 13.8. The van der Waals surface area contributed by atoms with Crippen LogP contribution in [0, 0.1) is 0 Å². The molecule has 0 aliphatic heterocycles. The summed E-state index contributed by atoms with van der Waals surface area (Å²) >= 11 is 0. The molecule has 0 bridgehead atoms. The summed E-state index contributed by atoms with van der Waals surface area (Å²) in [7, 11) is 1.68. The molecule has 7 heteroatoms. The van der Waals surface area contributed by atoms with Crippen LogP contribution in [0.4, 0.5) is 0 Å². The fourth-order valence-corrected chi connectivity index (χ4v) is 3.03. The Kier molecular flexibility index (Phi) is 4.89. The first-order chi connectivity index (χ1) is 11.6. The summed E-state index contributed by atoms with van der Waals surface area (Å²) in [6, 6.07) is 3.64. The predicted octanol–water partition coefficient (Wildman–Crippen LogP) is 2.18. The fraction of sp³-hybridized carbons (Fsp3) is 0.529. The van der Waals surface area contributed by atoms with Crippen molar-refractivity contribution in [3.63, 3.8) is 0 Å². The van der Waals surface area contributed by atoms with E-state index in [0.717, 1.165) is 24.8 Å². The number of aliphatic hydroxyl groups is 1. The summed E-state index contributed by atoms with van der Waals surface area (Å²) in [5, 5.41) is 14.4. The van der Waals surface area contributed by atoms with E-state index in [0.29, 0.717) is 24.6 Å². The zero-order chi connectivity index (χ0) is 17.0. The van der Waals surface area contributed by atoms with Crippen molar-refractivity contribution in [2.75, 3.05) is 7.05 Å². The molecule has 1 fully saturated rings. The van der Waals surface area contributed by atoms with Gasteiger partial charge in [0.15, 0.2) is 0 Å². The van der Waals surface area contributed by atoms with Crippen LogP contribution in [0.2, 0.25) is 0 Å². The van der Waals surface area contributed by atoms with Crippen LogP contribution in [0.25, 0.3) is 11.4 Å². The van der Waals surface area contributed by atoms with Gasteiger partial charge in [-0.25, -0.2) is 0 Å². The molecular formula is C17H22N4O3. The van der Waals surface area contributed by atoms with Crippen molar-refractivity contribution in [2.45, 2.75) is 50.7 Å². The summed E-state index contributed by atoms with van der Waals surface area (Å²) in [6.45, 7) is 0.224. The highest BCUT2D eigenvalue weighted by Gasteiger charge is 2.33. The van der Waals surface area contributed by atoms with E-state index in [1.165, 1.54) is 4.90 Å². The Labute approximate surface area is 140 Å². The average molecular weight is 330 g/mol. The number of pyridine rings is 1. The van der Waals surface area contributed by atoms with Crippen LogP contribution >= 0.6 is 0 Å². The van der Waals surface area contributed by atoms with Crippen LogP contribution in [-0.2, 0) is 11.3 Å². The molecule has 7 nitrogen and oxygen atoms in total. The number of carbonyl (C=O) groups excluding carboxylic acids is 1. The molecular weight excluding hydrogens is 308 g/mol. The second-order valence-electron chi connectivity index (χ2n) is 6.47. The van der Waals surface area contributed by atoms with E-state index < -0.39 is 5.60 Å². The topological polar surface area (TPSA) is 92.4 Å². The van der Waals surface area contributed by atoms with Gasteiger partial charge in [0.25, 0.3) is 0 Å². The Morgan fingerprint density at radius 3 is 2.88 bits per heavy atom. The Morgan fingerprint density at radius 1 is 1.38 bits per heavy atom. The SMILES string of the molecule is CN(Cc1nc(-c2cccnc2)no1)C(=O)CC1(O)CCCCC1. The number of amides is 1. The molecule has 0 unspecified atom stereocenters. The van der Waals surface area contributed by atoms with Gasteiger partial charge < -0.3 is 14.5 Å². The van der Waals surface area contributed by atoms with Crippen molar-refractivity contribution >= 4 is 5.91 Å². The summed E-state index contributed by atoms with van der Waals surface area (Å²) in [5.41, 5.74) is -0.0998. The van der Waals surface area contributed by atoms with Crippen LogP contribution in [-0.4, -0.2) is 43.7 Å². The molecule has 0 atom stereocenters. The first kappa shape index (κ1) is 16.6. The van der Waals surface area contributed by atoms with E-state index in [2.05, 4.69) is 15.1 Å². The summed E-state index contributed by atoms with van der Waals surface area (Å²) in [6.07, 6.45) is 7.95. The number of nitrogens with zero attached hydrogens (tertiary/aromatic N) is 4. The molecule has 0 radical (unpaired) electrons. The highest BCUT2D eigenvalue weighted by atomic mass is 16.5. The van der Waals surface area contributed by atoms with Crippen LogP contribution in [0.15, 0.2) is 29.0 Å². The highest BCUT2D eigenvalue weighted by molar-refractivity contribution is 5.76. The second-order valence-corrected chi connectivity index (χ2v) is 6.47. The van der Waals surface area contributed by atoms with Gasteiger partial charge in [-0.1, -0.05) is 24.4 Å². The molecule has 1 N–H and O–H groups in total. The minimum absolute atomic E-state index is 0.111. The van der Waals surface area contributed by atoms with Crippen molar-refractivity contribution in [3.05, 3.63) is 30.4 Å². The van der Waals surface area contributed by atoms with Crippen LogP contribution in [0.3, 0.4) is 0 Å². The number of hydrogen-bond acceptors (Lipinski definition) is 6. The summed E-state index contributed by atoms with van der Waals surface area (Å²) in [4.78, 5) is 22.2. The van der Waals surface area contributed by atoms with E-state index >= 15 is 0 Å². The van der Waals surface area contributed by atoms with Crippen LogP contribution in [0.1, 0.15) is 44.4 Å². The molecule has 1 saturated carbocycles. The minimum Gasteiger partial charge on any atom is -0.389 e. The minimum atomic E-state index is -0.862. The number of carbonyl (C=O) groups is 1. The Hall–Kier alpha value is -2.28. The number of hydrogen-bond donors (Lipinski definition) is 1. The molecule has 2 aromatic heterocycles. The van der Waals surface area contributed by atoms with Crippen molar-refractivity contribution in [1.29, 1.82) is 0 Å². The molecule has 0 aromatic carbocycles. The highest BCUT2D eigenvalue weighted by Crippen LogP contribution is 2.31. The standard InChI is InChI=1S/C17H22N4O3/c1-21(15(22)10-17(23)7-3-2-4-8-17)12-14-19-16(20-24-14)13-6-5-9-18-11-13/h5-6,9,11,23H,2-4,7-8,10,12H2,1H3. The molecule has 128 valence electrons. The van der Waals surface area contributed by atoms with Gasteiger partial charge in [0, 0.05) is 25.0 Å². The Morgan fingerprint density at radius 2 is 2.17 bits per heavy atom. The quantitative estimate of drug-likeness (QED) is 0.903. The van der Waals surface area contributed by atoms with Crippen LogP contribution < -0.4 is 0 Å². The zero-order valence-corrected chi connectivity index (χ0v) is 13.8. The van der Waals surface area contributed by atoms with Gasteiger partial charge in [0.05, 0.1) is 18.6 Å². The molecule has 2 aromatic rings. The Bertz CT molecular complexity index is 680. The van der Waals surface area contributed by atoms with Crippen molar-refractivity contribution in [2.24, 2.45) is 0 Å². The van der Waals surface area contributed by atoms with Gasteiger partial charge in [-0.05, 0) is 25.0 Å². The summed E-state index contributed by atoms with van der Waals surface area (Å²) in [5.74, 6) is 0.700. The van der Waals surface area contributed by atoms with Crippen molar-refractivity contribution in [3.8, 4) is 11.4 Å². The first-order valence-corrected chi connectivity index (χ1v) is 8.25. The molecule has 1 aliphatic rings. The van der Waals surface area contributed by atoms with E-state index in [1.807, 2.05) is 6.07 Å². The lowest BCUT2D eigenvalue weighted by Crippen LogP contribution is -2.39. The maximum absolute atomic E-state index is 12.4. The smallest absolute Gasteiger partial charge is 0.246 e. The first-order valence-electron chi connectivity index (χ1n) is 8.25. The Balaban J connectivity index is 1.59. The van der Waals surface area contributed by atoms with Gasteiger partial charge in [0.1, 0.15) is 0 Å². The number of aromatic nitrogens is 3. The van der Waals surface area contributed by atoms with Gasteiger partial charge in [-0.2, -0.15) is 4.98 Å².